The van der Waals surface area contributed by atoms with Crippen LogP contribution in [0.1, 0.15) is 29.3 Å². The summed E-state index contributed by atoms with van der Waals surface area (Å²) in [5.74, 6) is 0.599. The van der Waals surface area contributed by atoms with E-state index in [1.165, 1.54) is 17.8 Å². The Morgan fingerprint density at radius 1 is 1.30 bits per heavy atom. The molecule has 3 rings (SSSR count). The number of nitrogens with zero attached hydrogens (tertiary/aromatic N) is 1. The van der Waals surface area contributed by atoms with Crippen molar-refractivity contribution in [3.05, 3.63) is 45.2 Å². The molecule has 2 nitrogen and oxygen atoms in total. The number of hydrogen-bond acceptors (Lipinski definition) is 3. The van der Waals surface area contributed by atoms with Gasteiger partial charge in [0.1, 0.15) is 0 Å². The zero-order valence-electron chi connectivity index (χ0n) is 11.2. The maximum atomic E-state index is 4.91. The predicted molar refractivity (Wildman–Crippen MR) is 90.2 cm³/mol. The van der Waals surface area contributed by atoms with Crippen molar-refractivity contribution in [3.63, 3.8) is 0 Å². The third-order valence-electron chi connectivity index (χ3n) is 3.73. The van der Waals surface area contributed by atoms with Crippen LogP contribution < -0.4 is 5.32 Å². The fraction of sp³-hybridized carbons (Fsp3) is 0.312. The van der Waals surface area contributed by atoms with Crippen LogP contribution in [-0.4, -0.2) is 18.1 Å². The van der Waals surface area contributed by atoms with Crippen LogP contribution in [0, 0.1) is 0 Å². The van der Waals surface area contributed by atoms with E-state index in [-0.39, 0.29) is 0 Å². The minimum absolute atomic E-state index is 0.599. The van der Waals surface area contributed by atoms with E-state index in [9.17, 15) is 0 Å². The smallest absolute Gasteiger partial charge is 0.0980 e. The fourth-order valence-electron chi connectivity index (χ4n) is 2.62. The second kappa shape index (κ2) is 6.20. The quantitative estimate of drug-likeness (QED) is 0.870. The Labute approximate surface area is 132 Å². The molecule has 1 aromatic carbocycles. The van der Waals surface area contributed by atoms with Gasteiger partial charge in [0.15, 0.2) is 0 Å². The molecular weight excluding hydrogens is 332 g/mol. The lowest BCUT2D eigenvalue weighted by atomic mass is 9.99. The van der Waals surface area contributed by atoms with Crippen molar-refractivity contribution >= 4 is 33.3 Å². The Kier molecular flexibility index (Phi) is 4.34. The largest absolute Gasteiger partial charge is 0.317 e. The molecule has 1 fully saturated rings. The van der Waals surface area contributed by atoms with E-state index in [0.717, 1.165) is 33.7 Å². The Bertz CT molecular complexity index is 615. The molecule has 20 heavy (non-hydrogen) atoms. The first-order valence-corrected chi connectivity index (χ1v) is 8.49. The number of rotatable bonds is 3. The summed E-state index contributed by atoms with van der Waals surface area (Å²) < 4.78 is 1.13. The van der Waals surface area contributed by atoms with Crippen LogP contribution in [0.2, 0.25) is 0 Å². The first-order valence-electron chi connectivity index (χ1n) is 6.88. The lowest BCUT2D eigenvalue weighted by Crippen LogP contribution is -2.26. The molecule has 4 heteroatoms. The van der Waals surface area contributed by atoms with Crippen molar-refractivity contribution < 1.29 is 0 Å². The van der Waals surface area contributed by atoms with Crippen molar-refractivity contribution in [3.8, 4) is 11.3 Å². The predicted octanol–water partition coefficient (Wildman–Crippen LogP) is 4.68. The van der Waals surface area contributed by atoms with Crippen molar-refractivity contribution in [1.29, 1.82) is 0 Å². The maximum Gasteiger partial charge on any atom is 0.0980 e. The van der Waals surface area contributed by atoms with E-state index in [4.69, 9.17) is 4.98 Å². The summed E-state index contributed by atoms with van der Waals surface area (Å²) in [4.78, 5) is 4.91. The first kappa shape index (κ1) is 14.0. The summed E-state index contributed by atoms with van der Waals surface area (Å²) >= 11 is 5.47. The summed E-state index contributed by atoms with van der Waals surface area (Å²) in [6.07, 6.45) is 4.26. The van der Waals surface area contributed by atoms with E-state index >= 15 is 0 Å². The minimum atomic E-state index is 0.599. The molecule has 0 amide bonds. The lowest BCUT2D eigenvalue weighted by Gasteiger charge is -2.20. The van der Waals surface area contributed by atoms with E-state index in [1.54, 1.807) is 11.3 Å². The highest BCUT2D eigenvalue weighted by Crippen LogP contribution is 2.39. The van der Waals surface area contributed by atoms with Crippen LogP contribution in [0.25, 0.3) is 17.3 Å². The average Bonchev–Trinajstić information content (AvgIpc) is 2.90. The highest BCUT2D eigenvalue weighted by molar-refractivity contribution is 9.11. The highest BCUT2D eigenvalue weighted by Gasteiger charge is 2.21. The normalized spacial score (nSPS) is 16.2. The monoisotopic (exact) mass is 348 g/mol. The van der Waals surface area contributed by atoms with Crippen LogP contribution >= 0.6 is 27.3 Å². The van der Waals surface area contributed by atoms with Gasteiger partial charge in [0.25, 0.3) is 0 Å². The molecule has 0 radical (unpaired) electrons. The van der Waals surface area contributed by atoms with Gasteiger partial charge in [-0.05, 0) is 47.4 Å². The first-order chi connectivity index (χ1) is 9.79. The second-order valence-electron chi connectivity index (χ2n) is 4.99. The standard InChI is InChI=1S/C16H17BrN2S/c1-2-11-5-3-4-6-13(11)14-15(17)20-16(19-14)12-7-9-18-10-8-12/h2-6,12,18H,1,7-10H2. The van der Waals surface area contributed by atoms with Crippen LogP contribution in [0.4, 0.5) is 0 Å². The maximum absolute atomic E-state index is 4.91. The molecule has 0 bridgehead atoms. The van der Waals surface area contributed by atoms with Crippen LogP contribution in [-0.2, 0) is 0 Å². The topological polar surface area (TPSA) is 24.9 Å². The molecule has 0 unspecified atom stereocenters. The summed E-state index contributed by atoms with van der Waals surface area (Å²) in [5.41, 5.74) is 3.35. The number of benzene rings is 1. The third-order valence-corrected chi connectivity index (χ3v) is 5.59. The van der Waals surface area contributed by atoms with Crippen LogP contribution in [0.5, 0.6) is 0 Å². The zero-order valence-corrected chi connectivity index (χ0v) is 13.6. The van der Waals surface area contributed by atoms with Gasteiger partial charge >= 0.3 is 0 Å². The molecule has 1 aliphatic rings. The van der Waals surface area contributed by atoms with Gasteiger partial charge in [0.2, 0.25) is 0 Å². The SMILES string of the molecule is C=Cc1ccccc1-c1nc(C2CCNCC2)sc1Br. The molecule has 0 atom stereocenters. The molecule has 1 aliphatic heterocycles. The molecule has 1 aromatic heterocycles. The van der Waals surface area contributed by atoms with Crippen LogP contribution in [0.3, 0.4) is 0 Å². The lowest BCUT2D eigenvalue weighted by molar-refractivity contribution is 0.459. The number of hydrogen-bond donors (Lipinski definition) is 1. The molecule has 1 saturated heterocycles. The van der Waals surface area contributed by atoms with Gasteiger partial charge in [-0.25, -0.2) is 4.98 Å². The van der Waals surface area contributed by atoms with E-state index < -0.39 is 0 Å². The molecule has 1 N–H and O–H groups in total. The Balaban J connectivity index is 1.98. The summed E-state index contributed by atoms with van der Waals surface area (Å²) in [6.45, 7) is 6.09. The number of nitrogens with one attached hydrogen (secondary N) is 1. The molecular formula is C16H17BrN2S. The molecule has 0 spiro atoms. The van der Waals surface area contributed by atoms with E-state index in [1.807, 2.05) is 12.1 Å². The summed E-state index contributed by atoms with van der Waals surface area (Å²) in [6, 6.07) is 8.29. The fourth-order valence-corrected chi connectivity index (χ4v) is 4.39. The van der Waals surface area contributed by atoms with Gasteiger partial charge in [-0.2, -0.15) is 0 Å². The second-order valence-corrected chi connectivity index (χ2v) is 7.34. The number of aromatic nitrogens is 1. The van der Waals surface area contributed by atoms with Crippen LogP contribution in [0.15, 0.2) is 34.6 Å². The Hall–Kier alpha value is -0.970. The zero-order chi connectivity index (χ0) is 13.9. The number of halogens is 1. The van der Waals surface area contributed by atoms with E-state index in [2.05, 4.69) is 46.0 Å². The molecule has 0 saturated carbocycles. The third kappa shape index (κ3) is 2.73. The number of thiazole rings is 1. The van der Waals surface area contributed by atoms with Gasteiger partial charge in [0.05, 0.1) is 14.5 Å². The Morgan fingerprint density at radius 3 is 2.80 bits per heavy atom. The van der Waals surface area contributed by atoms with Crippen molar-refractivity contribution in [2.24, 2.45) is 0 Å². The summed E-state index contributed by atoms with van der Waals surface area (Å²) in [5, 5.41) is 4.66. The molecule has 104 valence electrons. The average molecular weight is 349 g/mol. The van der Waals surface area contributed by atoms with Crippen molar-refractivity contribution in [1.82, 2.24) is 10.3 Å². The van der Waals surface area contributed by atoms with Gasteiger partial charge < -0.3 is 5.32 Å². The van der Waals surface area contributed by atoms with Crippen molar-refractivity contribution in [2.75, 3.05) is 13.1 Å². The Morgan fingerprint density at radius 2 is 2.05 bits per heavy atom. The van der Waals surface area contributed by atoms with E-state index in [0.29, 0.717) is 5.92 Å². The molecule has 2 heterocycles. The van der Waals surface area contributed by atoms with Crippen molar-refractivity contribution in [2.45, 2.75) is 18.8 Å². The van der Waals surface area contributed by atoms with Gasteiger partial charge in [-0.15, -0.1) is 11.3 Å². The molecule has 0 aliphatic carbocycles. The minimum Gasteiger partial charge on any atom is -0.317 e. The number of piperidine rings is 1. The van der Waals surface area contributed by atoms with Gasteiger partial charge in [-0.1, -0.05) is 36.9 Å². The summed E-state index contributed by atoms with van der Waals surface area (Å²) in [7, 11) is 0. The molecule has 2 aromatic rings. The van der Waals surface area contributed by atoms with Gasteiger partial charge in [0, 0.05) is 11.5 Å². The van der Waals surface area contributed by atoms with Gasteiger partial charge in [-0.3, -0.25) is 0 Å². The highest BCUT2D eigenvalue weighted by atomic mass is 79.9.